The number of amides is 1. The summed E-state index contributed by atoms with van der Waals surface area (Å²) in [5, 5.41) is 4.26. The number of rotatable bonds is 7. The second kappa shape index (κ2) is 10.5. The fourth-order valence-corrected chi connectivity index (χ4v) is 3.47. The molecule has 4 rings (SSSR count). The second-order valence-corrected chi connectivity index (χ2v) is 7.87. The fraction of sp³-hybridized carbons (Fsp3) is 0.107. The van der Waals surface area contributed by atoms with E-state index < -0.39 is 5.97 Å². The van der Waals surface area contributed by atoms with E-state index >= 15 is 0 Å². The third-order valence-corrected chi connectivity index (χ3v) is 5.43. The smallest absolute Gasteiger partial charge is 0.343 e. The molecule has 176 valence electrons. The summed E-state index contributed by atoms with van der Waals surface area (Å²) in [6, 6.07) is 23.3. The van der Waals surface area contributed by atoms with Crippen molar-refractivity contribution in [3.8, 4) is 17.2 Å². The van der Waals surface area contributed by atoms with Crippen LogP contribution in [0.5, 0.6) is 11.5 Å². The number of nitrogens with zero attached hydrogens (tertiary/aromatic N) is 2. The highest BCUT2D eigenvalue weighted by Gasteiger charge is 2.15. The van der Waals surface area contributed by atoms with Crippen LogP contribution < -0.4 is 14.9 Å². The molecule has 4 aromatic rings. The number of hydrazone groups is 1. The van der Waals surface area contributed by atoms with Gasteiger partial charge in [-0.2, -0.15) is 5.10 Å². The molecule has 0 saturated carbocycles. The van der Waals surface area contributed by atoms with Crippen LogP contribution in [0.25, 0.3) is 5.69 Å². The first kappa shape index (κ1) is 23.5. The van der Waals surface area contributed by atoms with Gasteiger partial charge in [0.15, 0.2) is 11.5 Å². The molecule has 0 unspecified atom stereocenters. The largest absolute Gasteiger partial charge is 0.493 e. The second-order valence-electron chi connectivity index (χ2n) is 7.87. The van der Waals surface area contributed by atoms with E-state index in [1.807, 2.05) is 60.3 Å². The number of benzene rings is 3. The minimum Gasteiger partial charge on any atom is -0.493 e. The van der Waals surface area contributed by atoms with Crippen molar-refractivity contribution in [2.24, 2.45) is 5.10 Å². The number of hydrogen-bond donors (Lipinski definition) is 1. The van der Waals surface area contributed by atoms with Crippen LogP contribution in [-0.2, 0) is 0 Å². The van der Waals surface area contributed by atoms with E-state index in [0.717, 1.165) is 11.3 Å². The number of para-hydroxylation sites is 1. The number of carbonyl (C=O) groups is 2. The zero-order chi connectivity index (χ0) is 24.8. The van der Waals surface area contributed by atoms with Gasteiger partial charge >= 0.3 is 5.97 Å². The molecule has 7 heteroatoms. The Morgan fingerprint density at radius 3 is 2.26 bits per heavy atom. The maximum atomic E-state index is 12.8. The summed E-state index contributed by atoms with van der Waals surface area (Å²) in [7, 11) is 1.49. The van der Waals surface area contributed by atoms with Gasteiger partial charge in [-0.25, -0.2) is 10.2 Å². The van der Waals surface area contributed by atoms with Gasteiger partial charge in [-0.15, -0.1) is 0 Å². The van der Waals surface area contributed by atoms with Crippen LogP contribution in [0.2, 0.25) is 0 Å². The Morgan fingerprint density at radius 1 is 0.857 bits per heavy atom. The normalized spacial score (nSPS) is 11.1. The third-order valence-electron chi connectivity index (χ3n) is 5.43. The molecule has 7 nitrogen and oxygen atoms in total. The zero-order valence-corrected chi connectivity index (χ0v) is 19.7. The van der Waals surface area contributed by atoms with E-state index in [9.17, 15) is 9.59 Å². The van der Waals surface area contributed by atoms with Crippen molar-refractivity contribution in [3.05, 3.63) is 114 Å². The monoisotopic (exact) mass is 467 g/mol. The van der Waals surface area contributed by atoms with E-state index in [0.29, 0.717) is 33.9 Å². The predicted molar refractivity (Wildman–Crippen MR) is 135 cm³/mol. The summed E-state index contributed by atoms with van der Waals surface area (Å²) in [4.78, 5) is 25.3. The Labute approximate surface area is 203 Å². The van der Waals surface area contributed by atoms with Crippen LogP contribution in [0.15, 0.2) is 96.4 Å². The maximum absolute atomic E-state index is 12.8. The Hall–Kier alpha value is -4.65. The first-order valence-corrected chi connectivity index (χ1v) is 11.0. The van der Waals surface area contributed by atoms with Crippen LogP contribution >= 0.6 is 0 Å². The zero-order valence-electron chi connectivity index (χ0n) is 19.7. The van der Waals surface area contributed by atoms with Crippen LogP contribution in [0.1, 0.15) is 38.8 Å². The van der Waals surface area contributed by atoms with Crippen molar-refractivity contribution >= 4 is 17.6 Å². The molecule has 35 heavy (non-hydrogen) atoms. The fourth-order valence-electron chi connectivity index (χ4n) is 3.47. The molecule has 3 aromatic carbocycles. The first-order chi connectivity index (χ1) is 17.0. The highest BCUT2D eigenvalue weighted by Crippen LogP contribution is 2.29. The predicted octanol–water partition coefficient (Wildman–Crippen LogP) is 5.17. The lowest BCUT2D eigenvalue weighted by atomic mass is 10.1. The molecule has 1 aromatic heterocycles. The number of methoxy groups -OCH3 is 1. The Balaban J connectivity index is 1.49. The number of aryl methyl sites for hydroxylation is 1. The van der Waals surface area contributed by atoms with Crippen LogP contribution in [0, 0.1) is 6.92 Å². The van der Waals surface area contributed by atoms with Crippen molar-refractivity contribution in [2.75, 3.05) is 7.11 Å². The minimum atomic E-state index is -0.477. The molecule has 0 radical (unpaired) electrons. The van der Waals surface area contributed by atoms with Gasteiger partial charge in [0.1, 0.15) is 0 Å². The summed E-state index contributed by atoms with van der Waals surface area (Å²) in [6.07, 6.45) is 3.75. The molecule has 0 aliphatic heterocycles. The Morgan fingerprint density at radius 2 is 1.54 bits per heavy atom. The molecule has 0 saturated heterocycles. The van der Waals surface area contributed by atoms with Crippen molar-refractivity contribution in [2.45, 2.75) is 13.8 Å². The van der Waals surface area contributed by atoms with E-state index in [4.69, 9.17) is 9.47 Å². The van der Waals surface area contributed by atoms with Gasteiger partial charge in [0.05, 0.1) is 29.6 Å². The SMILES string of the molecule is COc1cc(/C(C)=N/NC(=O)c2ccccc2-n2cccc2)ccc1OC(=O)c1ccc(C)cc1. The molecule has 0 bridgehead atoms. The molecular formula is C28H25N3O4. The van der Waals surface area contributed by atoms with Gasteiger partial charge in [-0.05, 0) is 68.4 Å². The number of aromatic nitrogens is 1. The molecule has 1 N–H and O–H groups in total. The van der Waals surface area contributed by atoms with E-state index in [-0.39, 0.29) is 5.91 Å². The van der Waals surface area contributed by atoms with Crippen molar-refractivity contribution in [1.82, 2.24) is 9.99 Å². The lowest BCUT2D eigenvalue weighted by molar-refractivity contribution is 0.0729. The molecule has 0 fully saturated rings. The molecule has 0 aliphatic rings. The Bertz CT molecular complexity index is 1370. The van der Waals surface area contributed by atoms with Gasteiger partial charge in [0, 0.05) is 18.0 Å². The van der Waals surface area contributed by atoms with Gasteiger partial charge in [0.25, 0.3) is 5.91 Å². The van der Waals surface area contributed by atoms with E-state index in [1.54, 1.807) is 49.4 Å². The minimum absolute atomic E-state index is 0.291. The van der Waals surface area contributed by atoms with Crippen molar-refractivity contribution in [1.29, 1.82) is 0 Å². The number of esters is 1. The summed E-state index contributed by atoms with van der Waals surface area (Å²) in [5.74, 6) is -0.138. The van der Waals surface area contributed by atoms with Crippen molar-refractivity contribution < 1.29 is 19.1 Å². The maximum Gasteiger partial charge on any atom is 0.343 e. The van der Waals surface area contributed by atoms with Gasteiger partial charge in [0.2, 0.25) is 0 Å². The number of ether oxygens (including phenoxy) is 2. The van der Waals surface area contributed by atoms with Crippen LogP contribution in [0.4, 0.5) is 0 Å². The topological polar surface area (TPSA) is 81.9 Å². The third kappa shape index (κ3) is 5.47. The summed E-state index contributed by atoms with van der Waals surface area (Å²) >= 11 is 0. The highest BCUT2D eigenvalue weighted by molar-refractivity contribution is 6.02. The van der Waals surface area contributed by atoms with Crippen LogP contribution in [0.3, 0.4) is 0 Å². The summed E-state index contributed by atoms with van der Waals surface area (Å²) < 4.78 is 12.8. The average molecular weight is 468 g/mol. The highest BCUT2D eigenvalue weighted by atomic mass is 16.6. The number of hydrogen-bond acceptors (Lipinski definition) is 5. The molecular weight excluding hydrogens is 442 g/mol. The van der Waals surface area contributed by atoms with E-state index in [1.165, 1.54) is 7.11 Å². The number of carbonyl (C=O) groups excluding carboxylic acids is 2. The molecule has 1 heterocycles. The van der Waals surface area contributed by atoms with E-state index in [2.05, 4.69) is 10.5 Å². The molecule has 0 atom stereocenters. The molecule has 0 spiro atoms. The standard InChI is InChI=1S/C28H25N3O4/c1-19-10-12-21(13-11-19)28(33)35-25-15-14-22(18-26(25)34-3)20(2)29-30-27(32)23-8-4-5-9-24(23)31-16-6-7-17-31/h4-18H,1-3H3,(H,30,32)/b29-20+. The first-order valence-electron chi connectivity index (χ1n) is 11.0. The average Bonchev–Trinajstić information content (AvgIpc) is 3.42. The lowest BCUT2D eigenvalue weighted by Crippen LogP contribution is -2.21. The molecule has 1 amide bonds. The van der Waals surface area contributed by atoms with Gasteiger partial charge in [-0.3, -0.25) is 4.79 Å². The summed E-state index contributed by atoms with van der Waals surface area (Å²) in [5.41, 5.74) is 6.64. The number of nitrogens with one attached hydrogen (secondary N) is 1. The Kier molecular flexibility index (Phi) is 7.07. The van der Waals surface area contributed by atoms with Crippen LogP contribution in [-0.4, -0.2) is 29.3 Å². The quantitative estimate of drug-likeness (QED) is 0.176. The van der Waals surface area contributed by atoms with Gasteiger partial charge in [-0.1, -0.05) is 29.8 Å². The molecule has 0 aliphatic carbocycles. The summed E-state index contributed by atoms with van der Waals surface area (Å²) in [6.45, 7) is 3.72. The van der Waals surface area contributed by atoms with Crippen molar-refractivity contribution in [3.63, 3.8) is 0 Å². The van der Waals surface area contributed by atoms with Gasteiger partial charge < -0.3 is 14.0 Å². The lowest BCUT2D eigenvalue weighted by Gasteiger charge is -2.12.